The van der Waals surface area contributed by atoms with Crippen LogP contribution in [0.25, 0.3) is 5.65 Å². The van der Waals surface area contributed by atoms with E-state index < -0.39 is 0 Å². The van der Waals surface area contributed by atoms with Crippen LogP contribution in [-0.4, -0.2) is 40.0 Å². The molecule has 4 nitrogen and oxygen atoms in total. The summed E-state index contributed by atoms with van der Waals surface area (Å²) >= 11 is 6.02. The van der Waals surface area contributed by atoms with E-state index in [1.54, 1.807) is 0 Å². The number of imidazole rings is 1. The number of halogens is 1. The van der Waals surface area contributed by atoms with Crippen molar-refractivity contribution in [1.29, 1.82) is 0 Å². The van der Waals surface area contributed by atoms with E-state index in [9.17, 15) is 0 Å². The summed E-state index contributed by atoms with van der Waals surface area (Å²) in [5.74, 6) is 0. The monoisotopic (exact) mass is 292 g/mol. The van der Waals surface area contributed by atoms with Crippen molar-refractivity contribution in [3.63, 3.8) is 0 Å². The molecule has 3 rings (SSSR count). The Labute approximate surface area is 124 Å². The SMILES string of the molecule is CCN(Cc1cn2cc(Cl)ccc2n1)C1CCNCC1. The smallest absolute Gasteiger partial charge is 0.137 e. The van der Waals surface area contributed by atoms with E-state index in [0.29, 0.717) is 6.04 Å². The summed E-state index contributed by atoms with van der Waals surface area (Å²) in [5.41, 5.74) is 2.08. The molecule has 1 aliphatic heterocycles. The first-order valence-electron chi connectivity index (χ1n) is 7.34. The highest BCUT2D eigenvalue weighted by atomic mass is 35.5. The number of aromatic nitrogens is 2. The van der Waals surface area contributed by atoms with Crippen molar-refractivity contribution in [2.24, 2.45) is 0 Å². The molecule has 1 aliphatic rings. The van der Waals surface area contributed by atoms with Gasteiger partial charge in [0.05, 0.1) is 10.7 Å². The van der Waals surface area contributed by atoms with Crippen molar-refractivity contribution >= 4 is 17.2 Å². The molecule has 108 valence electrons. The number of rotatable bonds is 4. The van der Waals surface area contributed by atoms with Crippen molar-refractivity contribution in [1.82, 2.24) is 19.6 Å². The minimum Gasteiger partial charge on any atom is -0.317 e. The van der Waals surface area contributed by atoms with Crippen molar-refractivity contribution in [3.8, 4) is 0 Å². The van der Waals surface area contributed by atoms with Crippen LogP contribution in [0.3, 0.4) is 0 Å². The molecule has 0 aliphatic carbocycles. The summed E-state index contributed by atoms with van der Waals surface area (Å²) in [6.07, 6.45) is 6.46. The van der Waals surface area contributed by atoms with Crippen LogP contribution >= 0.6 is 11.6 Å². The molecule has 1 fully saturated rings. The van der Waals surface area contributed by atoms with Gasteiger partial charge in [-0.3, -0.25) is 4.90 Å². The van der Waals surface area contributed by atoms with Crippen LogP contribution in [-0.2, 0) is 6.54 Å². The van der Waals surface area contributed by atoms with Crippen molar-refractivity contribution in [3.05, 3.63) is 35.2 Å². The average Bonchev–Trinajstić information content (AvgIpc) is 2.87. The molecule has 2 aromatic rings. The second-order valence-corrected chi connectivity index (χ2v) is 5.83. The molecule has 0 saturated carbocycles. The molecule has 0 bridgehead atoms. The maximum absolute atomic E-state index is 6.02. The minimum absolute atomic E-state index is 0.676. The third-order valence-corrected chi connectivity index (χ3v) is 4.28. The highest BCUT2D eigenvalue weighted by Gasteiger charge is 2.20. The Hall–Kier alpha value is -1.10. The number of piperidine rings is 1. The van der Waals surface area contributed by atoms with Gasteiger partial charge < -0.3 is 9.72 Å². The fourth-order valence-corrected chi connectivity index (χ4v) is 3.14. The van der Waals surface area contributed by atoms with Crippen LogP contribution in [0.2, 0.25) is 5.02 Å². The molecule has 2 aromatic heterocycles. The Morgan fingerprint density at radius 2 is 2.15 bits per heavy atom. The lowest BCUT2D eigenvalue weighted by molar-refractivity contribution is 0.160. The van der Waals surface area contributed by atoms with E-state index in [1.165, 1.54) is 12.8 Å². The largest absolute Gasteiger partial charge is 0.317 e. The molecular formula is C15H21ClN4. The van der Waals surface area contributed by atoms with Gasteiger partial charge in [0.1, 0.15) is 5.65 Å². The highest BCUT2D eigenvalue weighted by molar-refractivity contribution is 6.30. The van der Waals surface area contributed by atoms with E-state index in [1.807, 2.05) is 22.7 Å². The Morgan fingerprint density at radius 1 is 1.35 bits per heavy atom. The predicted molar refractivity (Wildman–Crippen MR) is 82.2 cm³/mol. The average molecular weight is 293 g/mol. The van der Waals surface area contributed by atoms with Crippen LogP contribution in [0.5, 0.6) is 0 Å². The third-order valence-electron chi connectivity index (χ3n) is 4.06. The zero-order valence-corrected chi connectivity index (χ0v) is 12.6. The molecule has 20 heavy (non-hydrogen) atoms. The van der Waals surface area contributed by atoms with Crippen molar-refractivity contribution < 1.29 is 0 Å². The lowest BCUT2D eigenvalue weighted by Crippen LogP contribution is -2.42. The Kier molecular flexibility index (Phi) is 4.24. The molecule has 0 spiro atoms. The second kappa shape index (κ2) is 6.12. The number of pyridine rings is 1. The Morgan fingerprint density at radius 3 is 2.90 bits per heavy atom. The van der Waals surface area contributed by atoms with Crippen molar-refractivity contribution in [2.75, 3.05) is 19.6 Å². The first-order valence-corrected chi connectivity index (χ1v) is 7.72. The summed E-state index contributed by atoms with van der Waals surface area (Å²) in [7, 11) is 0. The van der Waals surface area contributed by atoms with Crippen molar-refractivity contribution in [2.45, 2.75) is 32.4 Å². The summed E-state index contributed by atoms with van der Waals surface area (Å²) in [6, 6.07) is 4.53. The molecule has 0 atom stereocenters. The van der Waals surface area contributed by atoms with Gasteiger partial charge in [-0.15, -0.1) is 0 Å². The number of hydrogen-bond donors (Lipinski definition) is 1. The first-order chi connectivity index (χ1) is 9.76. The van der Waals surface area contributed by atoms with Gasteiger partial charge in [-0.1, -0.05) is 18.5 Å². The highest BCUT2D eigenvalue weighted by Crippen LogP contribution is 2.17. The molecule has 0 amide bonds. The molecule has 1 saturated heterocycles. The molecule has 3 heterocycles. The van der Waals surface area contributed by atoms with Gasteiger partial charge in [-0.2, -0.15) is 0 Å². The Bertz CT molecular complexity index is 574. The zero-order valence-electron chi connectivity index (χ0n) is 11.8. The lowest BCUT2D eigenvalue weighted by Gasteiger charge is -2.33. The zero-order chi connectivity index (χ0) is 13.9. The topological polar surface area (TPSA) is 32.6 Å². The molecular weight excluding hydrogens is 272 g/mol. The maximum Gasteiger partial charge on any atom is 0.137 e. The quantitative estimate of drug-likeness (QED) is 0.940. The van der Waals surface area contributed by atoms with Gasteiger partial charge in [0, 0.05) is 25.0 Å². The molecule has 5 heteroatoms. The van der Waals surface area contributed by atoms with E-state index in [0.717, 1.165) is 42.5 Å². The molecule has 0 aromatic carbocycles. The lowest BCUT2D eigenvalue weighted by atomic mass is 10.0. The van der Waals surface area contributed by atoms with E-state index >= 15 is 0 Å². The standard InChI is InChI=1S/C15H21ClN4/c1-2-19(14-5-7-17-8-6-14)10-13-11-20-9-12(16)3-4-15(20)18-13/h3-4,9,11,14,17H,2,5-8,10H2,1H3. The van der Waals surface area contributed by atoms with E-state index in [-0.39, 0.29) is 0 Å². The van der Waals surface area contributed by atoms with Crippen LogP contribution < -0.4 is 5.32 Å². The van der Waals surface area contributed by atoms with E-state index in [2.05, 4.69) is 28.3 Å². The maximum atomic E-state index is 6.02. The summed E-state index contributed by atoms with van der Waals surface area (Å²) in [4.78, 5) is 7.22. The summed E-state index contributed by atoms with van der Waals surface area (Å²) < 4.78 is 2.01. The summed E-state index contributed by atoms with van der Waals surface area (Å²) in [6.45, 7) is 6.47. The van der Waals surface area contributed by atoms with Crippen LogP contribution in [0.1, 0.15) is 25.5 Å². The van der Waals surface area contributed by atoms with Crippen LogP contribution in [0, 0.1) is 0 Å². The normalized spacial score (nSPS) is 17.1. The fraction of sp³-hybridized carbons (Fsp3) is 0.533. The summed E-state index contributed by atoms with van der Waals surface area (Å²) in [5, 5.41) is 4.17. The number of fused-ring (bicyclic) bond motifs is 1. The third kappa shape index (κ3) is 2.97. The number of nitrogens with one attached hydrogen (secondary N) is 1. The fourth-order valence-electron chi connectivity index (χ4n) is 2.97. The number of nitrogens with zero attached hydrogens (tertiary/aromatic N) is 3. The van der Waals surface area contributed by atoms with Crippen LogP contribution in [0.4, 0.5) is 0 Å². The molecule has 1 N–H and O–H groups in total. The first kappa shape index (κ1) is 13.9. The molecule has 0 radical (unpaired) electrons. The van der Waals surface area contributed by atoms with Gasteiger partial charge in [0.2, 0.25) is 0 Å². The van der Waals surface area contributed by atoms with Gasteiger partial charge in [-0.25, -0.2) is 4.98 Å². The van der Waals surface area contributed by atoms with Gasteiger partial charge in [0.25, 0.3) is 0 Å². The molecule has 0 unspecified atom stereocenters. The van der Waals surface area contributed by atoms with E-state index in [4.69, 9.17) is 11.6 Å². The van der Waals surface area contributed by atoms with Gasteiger partial charge in [0.15, 0.2) is 0 Å². The van der Waals surface area contributed by atoms with Crippen LogP contribution in [0.15, 0.2) is 24.5 Å². The predicted octanol–water partition coefficient (Wildman–Crippen LogP) is 2.56. The van der Waals surface area contributed by atoms with Gasteiger partial charge >= 0.3 is 0 Å². The minimum atomic E-state index is 0.676. The second-order valence-electron chi connectivity index (χ2n) is 5.39. The van der Waals surface area contributed by atoms with Gasteiger partial charge in [-0.05, 0) is 44.6 Å². The number of hydrogen-bond acceptors (Lipinski definition) is 3. The Balaban J connectivity index is 1.76.